The van der Waals surface area contributed by atoms with Crippen molar-refractivity contribution in [1.29, 1.82) is 0 Å². The average Bonchev–Trinajstić information content (AvgIpc) is 2.30. The molecule has 0 aliphatic carbocycles. The summed E-state index contributed by atoms with van der Waals surface area (Å²) in [5.74, 6) is 0. The van der Waals surface area contributed by atoms with E-state index >= 15 is 0 Å². The average molecular weight is 222 g/mol. The Kier molecular flexibility index (Phi) is 4.83. The molecule has 0 N–H and O–H groups in total. The zero-order chi connectivity index (χ0) is 12.0. The minimum absolute atomic E-state index is 0.116. The lowest BCUT2D eigenvalue weighted by Crippen LogP contribution is -2.19. The molecule has 1 atom stereocenters. The SMILES string of the molecule is CCC(Cc1ccc(C)cc1)OC(=O)OC. The van der Waals surface area contributed by atoms with Crippen LogP contribution < -0.4 is 0 Å². The molecular weight excluding hydrogens is 204 g/mol. The molecule has 1 rings (SSSR count). The molecule has 0 radical (unpaired) electrons. The van der Waals surface area contributed by atoms with Crippen molar-refractivity contribution in [2.45, 2.75) is 32.8 Å². The van der Waals surface area contributed by atoms with Crippen molar-refractivity contribution in [2.75, 3.05) is 7.11 Å². The third-order valence-electron chi connectivity index (χ3n) is 2.47. The van der Waals surface area contributed by atoms with Crippen LogP contribution in [0, 0.1) is 6.92 Å². The van der Waals surface area contributed by atoms with E-state index in [1.54, 1.807) is 0 Å². The summed E-state index contributed by atoms with van der Waals surface area (Å²) in [4.78, 5) is 11.0. The van der Waals surface area contributed by atoms with E-state index in [2.05, 4.69) is 29.0 Å². The maximum atomic E-state index is 11.0. The lowest BCUT2D eigenvalue weighted by atomic mass is 10.0. The van der Waals surface area contributed by atoms with E-state index in [-0.39, 0.29) is 6.10 Å². The van der Waals surface area contributed by atoms with Crippen LogP contribution in [-0.2, 0) is 15.9 Å². The van der Waals surface area contributed by atoms with E-state index in [0.717, 1.165) is 12.8 Å². The van der Waals surface area contributed by atoms with Gasteiger partial charge in [0.1, 0.15) is 6.10 Å². The van der Waals surface area contributed by atoms with Crippen molar-refractivity contribution in [2.24, 2.45) is 0 Å². The molecule has 0 aliphatic rings. The van der Waals surface area contributed by atoms with Crippen molar-refractivity contribution in [3.63, 3.8) is 0 Å². The van der Waals surface area contributed by atoms with Gasteiger partial charge in [0.2, 0.25) is 0 Å². The Morgan fingerprint density at radius 2 is 1.94 bits per heavy atom. The number of carbonyl (C=O) groups is 1. The van der Waals surface area contributed by atoms with Crippen molar-refractivity contribution < 1.29 is 14.3 Å². The summed E-state index contributed by atoms with van der Waals surface area (Å²) in [6, 6.07) is 8.22. The molecule has 0 aromatic heterocycles. The Balaban J connectivity index is 2.56. The number of hydrogen-bond acceptors (Lipinski definition) is 3. The summed E-state index contributed by atoms with van der Waals surface area (Å²) in [6.07, 6.45) is 0.781. The summed E-state index contributed by atoms with van der Waals surface area (Å²) < 4.78 is 9.60. The molecule has 1 unspecified atom stereocenters. The molecule has 1 aromatic rings. The third kappa shape index (κ3) is 3.93. The highest BCUT2D eigenvalue weighted by Gasteiger charge is 2.13. The van der Waals surface area contributed by atoms with Crippen LogP contribution in [0.5, 0.6) is 0 Å². The van der Waals surface area contributed by atoms with Crippen LogP contribution >= 0.6 is 0 Å². The second-order valence-electron chi connectivity index (χ2n) is 3.79. The number of ether oxygens (including phenoxy) is 2. The summed E-state index contributed by atoms with van der Waals surface area (Å²) >= 11 is 0. The molecule has 0 bridgehead atoms. The molecule has 0 spiro atoms. The molecule has 0 heterocycles. The van der Waals surface area contributed by atoms with Gasteiger partial charge in [-0.25, -0.2) is 4.79 Å². The number of benzene rings is 1. The van der Waals surface area contributed by atoms with Gasteiger partial charge in [-0.05, 0) is 18.9 Å². The highest BCUT2D eigenvalue weighted by molar-refractivity contribution is 5.59. The molecule has 1 aromatic carbocycles. The molecule has 0 saturated carbocycles. The molecular formula is C13H18O3. The van der Waals surface area contributed by atoms with Gasteiger partial charge in [-0.15, -0.1) is 0 Å². The smallest absolute Gasteiger partial charge is 0.438 e. The van der Waals surface area contributed by atoms with Gasteiger partial charge in [-0.1, -0.05) is 36.8 Å². The van der Waals surface area contributed by atoms with Crippen LogP contribution in [0.15, 0.2) is 24.3 Å². The fraction of sp³-hybridized carbons (Fsp3) is 0.462. The minimum Gasteiger partial charge on any atom is -0.438 e. The predicted molar refractivity (Wildman–Crippen MR) is 62.5 cm³/mol. The van der Waals surface area contributed by atoms with Crippen LogP contribution in [-0.4, -0.2) is 19.4 Å². The number of methoxy groups -OCH3 is 1. The molecule has 3 heteroatoms. The number of carbonyl (C=O) groups excluding carboxylic acids is 1. The van der Waals surface area contributed by atoms with E-state index < -0.39 is 6.16 Å². The van der Waals surface area contributed by atoms with Crippen LogP contribution in [0.2, 0.25) is 0 Å². The van der Waals surface area contributed by atoms with Crippen LogP contribution in [0.4, 0.5) is 4.79 Å². The quantitative estimate of drug-likeness (QED) is 0.734. The molecule has 3 nitrogen and oxygen atoms in total. The normalized spacial score (nSPS) is 11.9. The largest absolute Gasteiger partial charge is 0.508 e. The Morgan fingerprint density at radius 1 is 1.31 bits per heavy atom. The summed E-state index contributed by atoms with van der Waals surface area (Å²) in [5, 5.41) is 0. The lowest BCUT2D eigenvalue weighted by Gasteiger charge is -2.15. The zero-order valence-electron chi connectivity index (χ0n) is 10.0. The number of rotatable bonds is 4. The van der Waals surface area contributed by atoms with Gasteiger partial charge < -0.3 is 9.47 Å². The van der Waals surface area contributed by atoms with Crippen LogP contribution in [0.25, 0.3) is 0 Å². The van der Waals surface area contributed by atoms with Gasteiger partial charge in [0.05, 0.1) is 7.11 Å². The fourth-order valence-corrected chi connectivity index (χ4v) is 1.44. The van der Waals surface area contributed by atoms with E-state index in [1.807, 2.05) is 13.8 Å². The van der Waals surface area contributed by atoms with E-state index in [1.165, 1.54) is 18.2 Å². The fourth-order valence-electron chi connectivity index (χ4n) is 1.44. The van der Waals surface area contributed by atoms with Crippen molar-refractivity contribution in [3.05, 3.63) is 35.4 Å². The van der Waals surface area contributed by atoms with Gasteiger partial charge >= 0.3 is 6.16 Å². The van der Waals surface area contributed by atoms with E-state index in [0.29, 0.717) is 0 Å². The monoisotopic (exact) mass is 222 g/mol. The van der Waals surface area contributed by atoms with Gasteiger partial charge in [0.25, 0.3) is 0 Å². The third-order valence-corrected chi connectivity index (χ3v) is 2.47. The predicted octanol–water partition coefficient (Wildman–Crippen LogP) is 3.10. The first-order valence-corrected chi connectivity index (χ1v) is 5.45. The first-order valence-electron chi connectivity index (χ1n) is 5.45. The van der Waals surface area contributed by atoms with Gasteiger partial charge in [-0.3, -0.25) is 0 Å². The maximum Gasteiger partial charge on any atom is 0.508 e. The minimum atomic E-state index is -0.612. The van der Waals surface area contributed by atoms with Crippen molar-refractivity contribution in [3.8, 4) is 0 Å². The standard InChI is InChI=1S/C13H18O3/c1-4-12(16-13(14)15-3)9-11-7-5-10(2)6-8-11/h5-8,12H,4,9H2,1-3H3. The molecule has 0 saturated heterocycles. The van der Waals surface area contributed by atoms with Gasteiger partial charge in [0, 0.05) is 6.42 Å². The van der Waals surface area contributed by atoms with E-state index in [4.69, 9.17) is 4.74 Å². The van der Waals surface area contributed by atoms with E-state index in [9.17, 15) is 4.79 Å². The summed E-state index contributed by atoms with van der Waals surface area (Å²) in [6.45, 7) is 4.04. The molecule has 0 amide bonds. The zero-order valence-corrected chi connectivity index (χ0v) is 10.0. The van der Waals surface area contributed by atoms with Gasteiger partial charge in [-0.2, -0.15) is 0 Å². The molecule has 16 heavy (non-hydrogen) atoms. The summed E-state index contributed by atoms with van der Waals surface area (Å²) in [5.41, 5.74) is 2.40. The van der Waals surface area contributed by atoms with Crippen LogP contribution in [0.3, 0.4) is 0 Å². The summed E-state index contributed by atoms with van der Waals surface area (Å²) in [7, 11) is 1.32. The Hall–Kier alpha value is -1.51. The number of hydrogen-bond donors (Lipinski definition) is 0. The second kappa shape index (κ2) is 6.16. The number of aryl methyl sites for hydroxylation is 1. The first kappa shape index (κ1) is 12.6. The highest BCUT2D eigenvalue weighted by Crippen LogP contribution is 2.11. The molecule has 0 fully saturated rings. The maximum absolute atomic E-state index is 11.0. The second-order valence-corrected chi connectivity index (χ2v) is 3.79. The first-order chi connectivity index (χ1) is 7.65. The van der Waals surface area contributed by atoms with Gasteiger partial charge in [0.15, 0.2) is 0 Å². The van der Waals surface area contributed by atoms with Crippen LogP contribution in [0.1, 0.15) is 24.5 Å². The van der Waals surface area contributed by atoms with Crippen molar-refractivity contribution >= 4 is 6.16 Å². The molecule has 88 valence electrons. The highest BCUT2D eigenvalue weighted by atomic mass is 16.7. The molecule has 0 aliphatic heterocycles. The Labute approximate surface area is 96.4 Å². The topological polar surface area (TPSA) is 35.5 Å². The lowest BCUT2D eigenvalue weighted by molar-refractivity contribution is 0.0357. The van der Waals surface area contributed by atoms with Crippen molar-refractivity contribution in [1.82, 2.24) is 0 Å². The Morgan fingerprint density at radius 3 is 2.44 bits per heavy atom. The Bertz CT molecular complexity index is 330.